The average molecular weight is 332 g/mol. The third-order valence-electron chi connectivity index (χ3n) is 3.89. The molecule has 1 unspecified atom stereocenters. The van der Waals surface area contributed by atoms with Crippen LogP contribution in [-0.4, -0.2) is 25.2 Å². The van der Waals surface area contributed by atoms with Crippen LogP contribution >= 0.6 is 0 Å². The van der Waals surface area contributed by atoms with Gasteiger partial charge in [-0.3, -0.25) is 9.59 Å². The average Bonchev–Trinajstić information content (AvgIpc) is 3.01. The number of aryl methyl sites for hydroxylation is 1. The van der Waals surface area contributed by atoms with Crippen LogP contribution in [0.5, 0.6) is 11.5 Å². The van der Waals surface area contributed by atoms with E-state index >= 15 is 0 Å². The lowest BCUT2D eigenvalue weighted by Crippen LogP contribution is -2.24. The predicted molar refractivity (Wildman–Crippen MR) is 90.1 cm³/mol. The van der Waals surface area contributed by atoms with E-state index in [4.69, 9.17) is 14.2 Å². The van der Waals surface area contributed by atoms with Gasteiger partial charge in [-0.1, -0.05) is 18.2 Å². The first-order valence-electron chi connectivity index (χ1n) is 8.32. The van der Waals surface area contributed by atoms with Gasteiger partial charge in [0.15, 0.2) is 11.5 Å². The van der Waals surface area contributed by atoms with Crippen molar-refractivity contribution >= 4 is 11.8 Å². The molecular formula is C19H24O5. The van der Waals surface area contributed by atoms with Gasteiger partial charge in [-0.25, -0.2) is 0 Å². The van der Waals surface area contributed by atoms with E-state index in [2.05, 4.69) is 6.08 Å². The molecule has 0 aliphatic carbocycles. The molecule has 0 radical (unpaired) electrons. The summed E-state index contributed by atoms with van der Waals surface area (Å²) in [5.41, 5.74) is 1.19. The summed E-state index contributed by atoms with van der Waals surface area (Å²) < 4.78 is 15.6. The molecule has 5 heteroatoms. The highest BCUT2D eigenvalue weighted by molar-refractivity contribution is 5.97. The van der Waals surface area contributed by atoms with Crippen molar-refractivity contribution in [3.8, 4) is 11.5 Å². The first kappa shape index (κ1) is 18.0. The van der Waals surface area contributed by atoms with Crippen molar-refractivity contribution < 1.29 is 23.8 Å². The molecule has 1 aromatic rings. The molecule has 1 aliphatic heterocycles. The van der Waals surface area contributed by atoms with Gasteiger partial charge in [0.2, 0.25) is 6.79 Å². The summed E-state index contributed by atoms with van der Waals surface area (Å²) in [5.74, 6) is 0.392. The van der Waals surface area contributed by atoms with Crippen LogP contribution in [-0.2, 0) is 20.7 Å². The fourth-order valence-corrected chi connectivity index (χ4v) is 2.57. The van der Waals surface area contributed by atoms with Gasteiger partial charge < -0.3 is 14.2 Å². The van der Waals surface area contributed by atoms with E-state index in [-0.39, 0.29) is 12.6 Å². The molecule has 2 rings (SSSR count). The summed E-state index contributed by atoms with van der Waals surface area (Å²) in [6.45, 7) is 3.76. The number of hydrogen-bond donors (Lipinski definition) is 0. The molecule has 1 heterocycles. The van der Waals surface area contributed by atoms with Gasteiger partial charge in [0.1, 0.15) is 11.7 Å². The molecule has 0 spiro atoms. The SMILES string of the molecule is CCOC(=O)C(CCC=CCCc1ccc2c(c1)OCO2)C(C)=O. The van der Waals surface area contributed by atoms with Crippen molar-refractivity contribution in [2.24, 2.45) is 5.92 Å². The number of allylic oxidation sites excluding steroid dienone is 2. The molecule has 0 bridgehead atoms. The second-order valence-corrected chi connectivity index (χ2v) is 5.69. The Balaban J connectivity index is 1.72. The van der Waals surface area contributed by atoms with Crippen LogP contribution in [0.15, 0.2) is 30.4 Å². The molecule has 1 aliphatic rings. The number of ether oxygens (including phenoxy) is 3. The lowest BCUT2D eigenvalue weighted by Gasteiger charge is -2.10. The zero-order chi connectivity index (χ0) is 17.4. The van der Waals surface area contributed by atoms with Gasteiger partial charge in [0, 0.05) is 0 Å². The fraction of sp³-hybridized carbons (Fsp3) is 0.474. The number of ketones is 1. The van der Waals surface area contributed by atoms with Crippen LogP contribution in [0.3, 0.4) is 0 Å². The van der Waals surface area contributed by atoms with Gasteiger partial charge in [-0.2, -0.15) is 0 Å². The molecule has 0 fully saturated rings. The smallest absolute Gasteiger partial charge is 0.316 e. The van der Waals surface area contributed by atoms with E-state index < -0.39 is 11.9 Å². The molecule has 5 nitrogen and oxygen atoms in total. The Morgan fingerprint density at radius 2 is 1.96 bits per heavy atom. The second kappa shape index (κ2) is 9.11. The van der Waals surface area contributed by atoms with Gasteiger partial charge in [-0.15, -0.1) is 0 Å². The van der Waals surface area contributed by atoms with Crippen LogP contribution in [0.2, 0.25) is 0 Å². The standard InChI is InChI=1S/C19H24O5/c1-3-22-19(21)16(14(2)20)9-7-5-4-6-8-15-10-11-17-18(12-15)24-13-23-17/h4-5,10-12,16H,3,6-9,13H2,1-2H3. The Morgan fingerprint density at radius 1 is 1.21 bits per heavy atom. The van der Waals surface area contributed by atoms with Crippen LogP contribution < -0.4 is 9.47 Å². The second-order valence-electron chi connectivity index (χ2n) is 5.69. The molecule has 1 atom stereocenters. The Labute approximate surface area is 142 Å². The van der Waals surface area contributed by atoms with Crippen LogP contribution in [0.1, 0.15) is 38.7 Å². The Morgan fingerprint density at radius 3 is 2.71 bits per heavy atom. The van der Waals surface area contributed by atoms with Crippen molar-refractivity contribution in [3.63, 3.8) is 0 Å². The maximum absolute atomic E-state index is 11.7. The largest absolute Gasteiger partial charge is 0.465 e. The number of hydrogen-bond acceptors (Lipinski definition) is 5. The lowest BCUT2D eigenvalue weighted by atomic mass is 9.99. The molecule has 0 saturated heterocycles. The Bertz CT molecular complexity index is 606. The summed E-state index contributed by atoms with van der Waals surface area (Å²) in [6.07, 6.45) is 7.07. The molecule has 0 aromatic heterocycles. The third kappa shape index (κ3) is 5.11. The van der Waals surface area contributed by atoms with E-state index in [0.717, 1.165) is 24.3 Å². The topological polar surface area (TPSA) is 61.8 Å². The van der Waals surface area contributed by atoms with Crippen LogP contribution in [0.4, 0.5) is 0 Å². The van der Waals surface area contributed by atoms with Crippen molar-refractivity contribution in [1.29, 1.82) is 0 Å². The fourth-order valence-electron chi connectivity index (χ4n) is 2.57. The first-order valence-corrected chi connectivity index (χ1v) is 8.32. The summed E-state index contributed by atoms with van der Waals surface area (Å²) in [4.78, 5) is 23.2. The zero-order valence-electron chi connectivity index (χ0n) is 14.2. The van der Waals surface area contributed by atoms with Crippen LogP contribution in [0.25, 0.3) is 0 Å². The summed E-state index contributed by atoms with van der Waals surface area (Å²) >= 11 is 0. The molecule has 24 heavy (non-hydrogen) atoms. The molecule has 130 valence electrons. The first-order chi connectivity index (χ1) is 11.6. The third-order valence-corrected chi connectivity index (χ3v) is 3.89. The number of esters is 1. The Hall–Kier alpha value is -2.30. The number of carbonyl (C=O) groups is 2. The zero-order valence-corrected chi connectivity index (χ0v) is 14.2. The molecule has 1 aromatic carbocycles. The van der Waals surface area contributed by atoms with Gasteiger partial charge in [0.25, 0.3) is 0 Å². The minimum atomic E-state index is -0.650. The van der Waals surface area contributed by atoms with Crippen molar-refractivity contribution in [2.45, 2.75) is 39.5 Å². The van der Waals surface area contributed by atoms with Gasteiger partial charge in [-0.05, 0) is 57.2 Å². The van der Waals surface area contributed by atoms with E-state index in [1.54, 1.807) is 6.92 Å². The lowest BCUT2D eigenvalue weighted by molar-refractivity contribution is -0.151. The minimum Gasteiger partial charge on any atom is -0.465 e. The van der Waals surface area contributed by atoms with E-state index in [0.29, 0.717) is 19.4 Å². The molecule has 0 amide bonds. The minimum absolute atomic E-state index is 0.137. The molecule has 0 saturated carbocycles. The van der Waals surface area contributed by atoms with Crippen molar-refractivity contribution in [2.75, 3.05) is 13.4 Å². The highest BCUT2D eigenvalue weighted by atomic mass is 16.7. The number of benzene rings is 1. The highest BCUT2D eigenvalue weighted by Crippen LogP contribution is 2.32. The van der Waals surface area contributed by atoms with E-state index in [1.807, 2.05) is 24.3 Å². The summed E-state index contributed by atoms with van der Waals surface area (Å²) in [6, 6.07) is 5.97. The maximum Gasteiger partial charge on any atom is 0.316 e. The highest BCUT2D eigenvalue weighted by Gasteiger charge is 2.23. The quantitative estimate of drug-likeness (QED) is 0.394. The Kier molecular flexibility index (Phi) is 6.85. The van der Waals surface area contributed by atoms with Crippen molar-refractivity contribution in [1.82, 2.24) is 0 Å². The number of carbonyl (C=O) groups excluding carboxylic acids is 2. The summed E-state index contributed by atoms with van der Waals surface area (Å²) in [5, 5.41) is 0. The molecular weight excluding hydrogens is 308 g/mol. The normalized spacial score (nSPS) is 13.9. The van der Waals surface area contributed by atoms with E-state index in [9.17, 15) is 9.59 Å². The monoisotopic (exact) mass is 332 g/mol. The van der Waals surface area contributed by atoms with Crippen LogP contribution in [0, 0.1) is 5.92 Å². The molecule has 0 N–H and O–H groups in total. The van der Waals surface area contributed by atoms with Gasteiger partial charge >= 0.3 is 5.97 Å². The number of rotatable bonds is 9. The predicted octanol–water partition coefficient (Wildman–Crippen LogP) is 3.45. The van der Waals surface area contributed by atoms with Gasteiger partial charge in [0.05, 0.1) is 6.61 Å². The van der Waals surface area contributed by atoms with Crippen molar-refractivity contribution in [3.05, 3.63) is 35.9 Å². The number of Topliss-reactive ketones (excluding diaryl/α,β-unsaturated/α-hetero) is 1. The number of fused-ring (bicyclic) bond motifs is 1. The summed E-state index contributed by atoms with van der Waals surface area (Å²) in [7, 11) is 0. The maximum atomic E-state index is 11.7. The van der Waals surface area contributed by atoms with E-state index in [1.165, 1.54) is 12.5 Å².